The van der Waals surface area contributed by atoms with Gasteiger partial charge < -0.3 is 9.80 Å². The number of pyridine rings is 1. The number of ketones is 1. The van der Waals surface area contributed by atoms with E-state index >= 15 is 0 Å². The van der Waals surface area contributed by atoms with Crippen LogP contribution in [0.1, 0.15) is 19.4 Å². The van der Waals surface area contributed by atoms with E-state index in [0.717, 1.165) is 55.4 Å². The summed E-state index contributed by atoms with van der Waals surface area (Å²) in [5.41, 5.74) is 3.13. The number of benzene rings is 2. The third-order valence-corrected chi connectivity index (χ3v) is 5.54. The first kappa shape index (κ1) is 24.1. The molecule has 2 aromatic carbocycles. The highest BCUT2D eigenvalue weighted by molar-refractivity contribution is 5.95. The van der Waals surface area contributed by atoms with Crippen molar-refractivity contribution < 1.29 is 4.79 Å². The molecule has 1 aliphatic rings. The Kier molecular flexibility index (Phi) is 8.65. The fraction of sp³-hybridized carbons (Fsp3) is 0.333. The second-order valence-electron chi connectivity index (χ2n) is 7.55. The predicted octanol–water partition coefficient (Wildman–Crippen LogP) is 5.02. The summed E-state index contributed by atoms with van der Waals surface area (Å²) in [5, 5.41) is 2.43. The number of anilines is 1. The molecule has 0 saturated carbocycles. The van der Waals surface area contributed by atoms with Crippen molar-refractivity contribution in [3.8, 4) is 11.3 Å². The number of Topliss-reactive ketones (excluding diaryl/α,β-unsaturated/α-hetero) is 1. The fourth-order valence-electron chi connectivity index (χ4n) is 3.93. The van der Waals surface area contributed by atoms with Crippen LogP contribution in [0.4, 0.5) is 5.82 Å². The molecule has 0 N–H and O–H groups in total. The Morgan fingerprint density at radius 3 is 2.27 bits per heavy atom. The third-order valence-electron chi connectivity index (χ3n) is 5.54. The van der Waals surface area contributed by atoms with Crippen LogP contribution in [0.25, 0.3) is 22.0 Å². The molecule has 1 aromatic heterocycles. The zero-order chi connectivity index (χ0) is 19.5. The average molecular weight is 446 g/mol. The lowest BCUT2D eigenvalue weighted by molar-refractivity contribution is -0.116. The molecule has 0 atom stereocenters. The third kappa shape index (κ3) is 5.31. The topological polar surface area (TPSA) is 36.4 Å². The smallest absolute Gasteiger partial charge is 0.137 e. The number of rotatable bonds is 5. The van der Waals surface area contributed by atoms with Crippen LogP contribution in [0.15, 0.2) is 54.6 Å². The van der Waals surface area contributed by atoms with Gasteiger partial charge in [0.15, 0.2) is 0 Å². The quantitative estimate of drug-likeness (QED) is 0.552. The number of fused-ring (bicyclic) bond motifs is 1. The van der Waals surface area contributed by atoms with Crippen LogP contribution in [0.2, 0.25) is 0 Å². The van der Waals surface area contributed by atoms with Gasteiger partial charge in [0, 0.05) is 43.5 Å². The molecule has 0 unspecified atom stereocenters. The van der Waals surface area contributed by atoms with Crippen molar-refractivity contribution in [1.82, 2.24) is 9.88 Å². The molecule has 160 valence electrons. The van der Waals surface area contributed by atoms with Gasteiger partial charge in [0.1, 0.15) is 11.6 Å². The van der Waals surface area contributed by atoms with Gasteiger partial charge in [0.25, 0.3) is 0 Å². The van der Waals surface area contributed by atoms with E-state index in [2.05, 4.69) is 59.2 Å². The Morgan fingerprint density at radius 1 is 0.967 bits per heavy atom. The molecule has 6 heteroatoms. The van der Waals surface area contributed by atoms with E-state index in [9.17, 15) is 4.79 Å². The Bertz CT molecular complexity index is 983. The Morgan fingerprint density at radius 2 is 1.63 bits per heavy atom. The number of hydrogen-bond donors (Lipinski definition) is 0. The van der Waals surface area contributed by atoms with Crippen LogP contribution in [0, 0.1) is 0 Å². The van der Waals surface area contributed by atoms with E-state index in [4.69, 9.17) is 4.98 Å². The lowest BCUT2D eigenvalue weighted by atomic mass is 10.0. The van der Waals surface area contributed by atoms with Gasteiger partial charge >= 0.3 is 0 Å². The van der Waals surface area contributed by atoms with E-state index in [-0.39, 0.29) is 30.6 Å². The molecular weight excluding hydrogens is 417 g/mol. The van der Waals surface area contributed by atoms with Crippen LogP contribution < -0.4 is 4.90 Å². The van der Waals surface area contributed by atoms with Crippen molar-refractivity contribution in [2.45, 2.75) is 20.3 Å². The van der Waals surface area contributed by atoms with Crippen molar-refractivity contribution in [3.05, 3.63) is 60.2 Å². The van der Waals surface area contributed by atoms with E-state index in [1.165, 1.54) is 10.8 Å². The summed E-state index contributed by atoms with van der Waals surface area (Å²) >= 11 is 0. The zero-order valence-electron chi connectivity index (χ0n) is 17.5. The number of nitrogens with zero attached hydrogens (tertiary/aromatic N) is 3. The highest BCUT2D eigenvalue weighted by Gasteiger charge is 2.19. The molecule has 1 fully saturated rings. The van der Waals surface area contributed by atoms with Crippen LogP contribution >= 0.6 is 24.8 Å². The molecule has 0 amide bonds. The molecule has 1 saturated heterocycles. The summed E-state index contributed by atoms with van der Waals surface area (Å²) in [6.07, 6.45) is 0.485. The summed E-state index contributed by atoms with van der Waals surface area (Å²) in [6.45, 7) is 9.13. The summed E-state index contributed by atoms with van der Waals surface area (Å²) in [5.74, 6) is 1.27. The molecule has 30 heavy (non-hydrogen) atoms. The van der Waals surface area contributed by atoms with Crippen LogP contribution in [-0.2, 0) is 11.2 Å². The van der Waals surface area contributed by atoms with Gasteiger partial charge in [-0.3, -0.25) is 4.79 Å². The lowest BCUT2D eigenvalue weighted by Gasteiger charge is -2.35. The van der Waals surface area contributed by atoms with E-state index in [0.29, 0.717) is 6.42 Å². The van der Waals surface area contributed by atoms with Gasteiger partial charge in [0.2, 0.25) is 0 Å². The van der Waals surface area contributed by atoms with Gasteiger partial charge in [-0.15, -0.1) is 24.8 Å². The summed E-state index contributed by atoms with van der Waals surface area (Å²) < 4.78 is 0. The van der Waals surface area contributed by atoms with Gasteiger partial charge in [0.05, 0.1) is 5.69 Å². The van der Waals surface area contributed by atoms with E-state index in [1.54, 1.807) is 6.92 Å². The number of hydrogen-bond acceptors (Lipinski definition) is 4. The summed E-state index contributed by atoms with van der Waals surface area (Å²) in [4.78, 5) is 21.3. The van der Waals surface area contributed by atoms with Crippen molar-refractivity contribution in [3.63, 3.8) is 0 Å². The molecule has 4 nitrogen and oxygen atoms in total. The first-order chi connectivity index (χ1) is 13.6. The minimum Gasteiger partial charge on any atom is -0.354 e. The SMILES string of the molecule is CCN1CCN(c2nc(-c3ccc(CC(C)=O)cc3)cc3ccccc23)CC1.Cl.Cl. The second-order valence-corrected chi connectivity index (χ2v) is 7.55. The first-order valence-electron chi connectivity index (χ1n) is 10.1. The van der Waals surface area contributed by atoms with Crippen LogP contribution in [-0.4, -0.2) is 48.4 Å². The Labute approximate surface area is 191 Å². The first-order valence-corrected chi connectivity index (χ1v) is 10.1. The maximum absolute atomic E-state index is 11.4. The second kappa shape index (κ2) is 10.8. The van der Waals surface area contributed by atoms with Crippen molar-refractivity contribution >= 4 is 47.2 Å². The number of carbonyl (C=O) groups excluding carboxylic acids is 1. The maximum Gasteiger partial charge on any atom is 0.137 e. The molecule has 1 aliphatic heterocycles. The highest BCUT2D eigenvalue weighted by atomic mass is 35.5. The summed E-state index contributed by atoms with van der Waals surface area (Å²) in [6, 6.07) is 18.9. The number of likely N-dealkylation sites (N-methyl/N-ethyl adjacent to an activating group) is 1. The zero-order valence-corrected chi connectivity index (χ0v) is 19.1. The van der Waals surface area contributed by atoms with Gasteiger partial charge in [-0.05, 0) is 30.5 Å². The largest absolute Gasteiger partial charge is 0.354 e. The molecule has 0 radical (unpaired) electrons. The molecular formula is C24H29Cl2N3O. The molecule has 0 aliphatic carbocycles. The van der Waals surface area contributed by atoms with Crippen LogP contribution in [0.3, 0.4) is 0 Å². The Balaban J connectivity index is 0.00000160. The minimum atomic E-state index is 0. The van der Waals surface area contributed by atoms with E-state index in [1.807, 2.05) is 12.1 Å². The molecule has 4 rings (SSSR count). The average Bonchev–Trinajstić information content (AvgIpc) is 2.73. The summed E-state index contributed by atoms with van der Waals surface area (Å²) in [7, 11) is 0. The molecule has 3 aromatic rings. The minimum absolute atomic E-state index is 0. The highest BCUT2D eigenvalue weighted by Crippen LogP contribution is 2.30. The number of halogens is 2. The lowest BCUT2D eigenvalue weighted by Crippen LogP contribution is -2.46. The number of aromatic nitrogens is 1. The number of piperazine rings is 1. The predicted molar refractivity (Wildman–Crippen MR) is 130 cm³/mol. The van der Waals surface area contributed by atoms with Crippen molar-refractivity contribution in [2.75, 3.05) is 37.6 Å². The van der Waals surface area contributed by atoms with Crippen molar-refractivity contribution in [2.24, 2.45) is 0 Å². The van der Waals surface area contributed by atoms with Gasteiger partial charge in [-0.25, -0.2) is 4.98 Å². The Hall–Kier alpha value is -2.14. The normalized spacial score (nSPS) is 14.1. The maximum atomic E-state index is 11.4. The van der Waals surface area contributed by atoms with E-state index < -0.39 is 0 Å². The number of carbonyl (C=O) groups is 1. The molecule has 0 spiro atoms. The fourth-order valence-corrected chi connectivity index (χ4v) is 3.93. The van der Waals surface area contributed by atoms with Crippen LogP contribution in [0.5, 0.6) is 0 Å². The molecule has 0 bridgehead atoms. The molecule has 2 heterocycles. The van der Waals surface area contributed by atoms with Crippen molar-refractivity contribution in [1.29, 1.82) is 0 Å². The van der Waals surface area contributed by atoms with Gasteiger partial charge in [-0.2, -0.15) is 0 Å². The van der Waals surface area contributed by atoms with Gasteiger partial charge in [-0.1, -0.05) is 55.5 Å². The monoisotopic (exact) mass is 445 g/mol. The standard InChI is InChI=1S/C24H27N3O.2ClH/c1-3-26-12-14-27(15-13-26)24-22-7-5-4-6-21(22)17-23(25-24)20-10-8-19(9-11-20)16-18(2)28;;/h4-11,17H,3,12-16H2,1-2H3;2*1H.